The van der Waals surface area contributed by atoms with Crippen LogP contribution in [0, 0.1) is 6.92 Å². The molecule has 0 unspecified atom stereocenters. The summed E-state index contributed by atoms with van der Waals surface area (Å²) >= 11 is 12.7. The fraction of sp³-hybridized carbons (Fsp3) is 0.235. The first-order chi connectivity index (χ1) is 21.5. The summed E-state index contributed by atoms with van der Waals surface area (Å²) in [6, 6.07) is 26.1. The minimum atomic E-state index is -4.22. The maximum atomic E-state index is 14.4. The van der Waals surface area contributed by atoms with Crippen molar-refractivity contribution in [3.05, 3.63) is 124 Å². The Labute approximate surface area is 274 Å². The molecule has 0 aliphatic heterocycles. The van der Waals surface area contributed by atoms with E-state index in [9.17, 15) is 18.0 Å². The first-order valence-corrected chi connectivity index (χ1v) is 16.5. The van der Waals surface area contributed by atoms with Crippen molar-refractivity contribution in [2.45, 2.75) is 37.8 Å². The Kier molecular flexibility index (Phi) is 11.5. The molecule has 4 aromatic rings. The third-order valence-electron chi connectivity index (χ3n) is 7.20. The summed E-state index contributed by atoms with van der Waals surface area (Å²) < 4.78 is 34.8. The normalized spacial score (nSPS) is 11.8. The van der Waals surface area contributed by atoms with Gasteiger partial charge < -0.3 is 15.0 Å². The number of nitrogens with zero attached hydrogens (tertiary/aromatic N) is 2. The summed E-state index contributed by atoms with van der Waals surface area (Å²) in [7, 11) is -2.73. The molecule has 0 heterocycles. The van der Waals surface area contributed by atoms with Gasteiger partial charge in [0.15, 0.2) is 0 Å². The topological polar surface area (TPSA) is 96.0 Å². The number of likely N-dealkylation sites (N-methyl/N-ethyl adjacent to an activating group) is 1. The number of halogens is 2. The number of rotatable bonds is 13. The van der Waals surface area contributed by atoms with Gasteiger partial charge in [0.1, 0.15) is 18.3 Å². The van der Waals surface area contributed by atoms with Gasteiger partial charge in [0, 0.05) is 30.1 Å². The average Bonchev–Trinajstić information content (AvgIpc) is 3.03. The fourth-order valence-corrected chi connectivity index (χ4v) is 6.68. The molecule has 0 aliphatic rings. The van der Waals surface area contributed by atoms with E-state index in [-0.39, 0.29) is 23.5 Å². The molecule has 2 amide bonds. The third kappa shape index (κ3) is 8.57. The van der Waals surface area contributed by atoms with E-state index in [1.54, 1.807) is 54.6 Å². The molecule has 45 heavy (non-hydrogen) atoms. The zero-order chi connectivity index (χ0) is 32.6. The number of carbonyl (C=O) groups is 2. The van der Waals surface area contributed by atoms with E-state index < -0.39 is 34.4 Å². The van der Waals surface area contributed by atoms with Crippen molar-refractivity contribution in [2.75, 3.05) is 24.5 Å². The van der Waals surface area contributed by atoms with Gasteiger partial charge in [-0.1, -0.05) is 77.3 Å². The number of aryl methyl sites for hydroxylation is 1. The smallest absolute Gasteiger partial charge is 0.264 e. The van der Waals surface area contributed by atoms with Crippen LogP contribution < -0.4 is 14.4 Å². The first-order valence-electron chi connectivity index (χ1n) is 14.3. The monoisotopic (exact) mass is 667 g/mol. The molecule has 1 N–H and O–H groups in total. The largest absolute Gasteiger partial charge is 0.494 e. The van der Waals surface area contributed by atoms with Crippen LogP contribution in [-0.4, -0.2) is 51.4 Å². The standard InChI is InChI=1S/C34H35Cl2N3O5S/c1-4-44-29-16-14-28(15-17-29)39(45(42,43)30-18-10-24(2)11-19-30)23-33(40)38(22-26-12-13-27(35)21-31(26)36)32(34(41)37-3)20-25-8-6-5-7-9-25/h5-19,21,32H,4,20,22-23H2,1-3H3,(H,37,41)/t32-/m1/s1. The molecule has 1 atom stereocenters. The molecule has 0 spiro atoms. The van der Waals surface area contributed by atoms with E-state index >= 15 is 0 Å². The maximum Gasteiger partial charge on any atom is 0.264 e. The molecule has 0 radical (unpaired) electrons. The molecule has 0 saturated carbocycles. The Bertz CT molecular complexity index is 1720. The molecule has 0 aromatic heterocycles. The fourth-order valence-electron chi connectivity index (χ4n) is 4.80. The van der Waals surface area contributed by atoms with Crippen molar-refractivity contribution in [1.82, 2.24) is 10.2 Å². The molecule has 0 bridgehead atoms. The van der Waals surface area contributed by atoms with Crippen molar-refractivity contribution >= 4 is 50.7 Å². The molecule has 8 nitrogen and oxygen atoms in total. The summed E-state index contributed by atoms with van der Waals surface area (Å²) in [6.45, 7) is 3.49. The highest BCUT2D eigenvalue weighted by Crippen LogP contribution is 2.28. The van der Waals surface area contributed by atoms with Crippen LogP contribution in [0.15, 0.2) is 102 Å². The Morgan fingerprint density at radius 1 is 0.911 bits per heavy atom. The van der Waals surface area contributed by atoms with E-state index in [1.165, 1.54) is 24.1 Å². The third-order valence-corrected chi connectivity index (χ3v) is 9.57. The number of hydrogen-bond acceptors (Lipinski definition) is 5. The zero-order valence-corrected chi connectivity index (χ0v) is 27.6. The van der Waals surface area contributed by atoms with E-state index in [1.807, 2.05) is 44.2 Å². The van der Waals surface area contributed by atoms with E-state index in [0.717, 1.165) is 15.4 Å². The molecule has 0 aliphatic carbocycles. The highest BCUT2D eigenvalue weighted by Gasteiger charge is 2.34. The van der Waals surface area contributed by atoms with E-state index in [2.05, 4.69) is 5.32 Å². The van der Waals surface area contributed by atoms with Gasteiger partial charge in [0.2, 0.25) is 11.8 Å². The van der Waals surface area contributed by atoms with Crippen LogP contribution in [0.3, 0.4) is 0 Å². The Morgan fingerprint density at radius 3 is 2.18 bits per heavy atom. The van der Waals surface area contributed by atoms with Gasteiger partial charge in [-0.05, 0) is 73.5 Å². The number of hydrogen-bond donors (Lipinski definition) is 1. The molecule has 0 fully saturated rings. The van der Waals surface area contributed by atoms with Gasteiger partial charge in [-0.25, -0.2) is 8.42 Å². The van der Waals surface area contributed by atoms with Crippen molar-refractivity contribution < 1.29 is 22.7 Å². The number of anilines is 1. The number of nitrogens with one attached hydrogen (secondary N) is 1. The van der Waals surface area contributed by atoms with Crippen molar-refractivity contribution in [3.8, 4) is 5.75 Å². The van der Waals surface area contributed by atoms with Crippen LogP contribution in [-0.2, 0) is 32.6 Å². The van der Waals surface area contributed by atoms with Crippen LogP contribution in [0.5, 0.6) is 5.75 Å². The van der Waals surface area contributed by atoms with Crippen LogP contribution in [0.4, 0.5) is 5.69 Å². The second-order valence-electron chi connectivity index (χ2n) is 10.3. The zero-order valence-electron chi connectivity index (χ0n) is 25.2. The van der Waals surface area contributed by atoms with Crippen molar-refractivity contribution in [1.29, 1.82) is 0 Å². The van der Waals surface area contributed by atoms with Gasteiger partial charge in [-0.3, -0.25) is 13.9 Å². The second-order valence-corrected chi connectivity index (χ2v) is 13.0. The number of sulfonamides is 1. The Balaban J connectivity index is 1.80. The number of amides is 2. The highest BCUT2D eigenvalue weighted by molar-refractivity contribution is 7.92. The van der Waals surface area contributed by atoms with Crippen LogP contribution >= 0.6 is 23.2 Å². The van der Waals surface area contributed by atoms with Crippen LogP contribution in [0.25, 0.3) is 0 Å². The minimum Gasteiger partial charge on any atom is -0.494 e. The van der Waals surface area contributed by atoms with Crippen LogP contribution in [0.2, 0.25) is 10.0 Å². The molecule has 11 heteroatoms. The molecule has 4 aromatic carbocycles. The van der Waals surface area contributed by atoms with Gasteiger partial charge >= 0.3 is 0 Å². The van der Waals surface area contributed by atoms with Gasteiger partial charge in [0.25, 0.3) is 10.0 Å². The van der Waals surface area contributed by atoms with E-state index in [4.69, 9.17) is 27.9 Å². The summed E-state index contributed by atoms with van der Waals surface area (Å²) in [5, 5.41) is 3.39. The Hall–Kier alpha value is -4.05. The van der Waals surface area contributed by atoms with Crippen LogP contribution in [0.1, 0.15) is 23.6 Å². The maximum absolute atomic E-state index is 14.4. The van der Waals surface area contributed by atoms with Gasteiger partial charge in [0.05, 0.1) is 17.2 Å². The lowest BCUT2D eigenvalue weighted by molar-refractivity contribution is -0.139. The number of benzene rings is 4. The van der Waals surface area contributed by atoms with Crippen molar-refractivity contribution in [2.24, 2.45) is 0 Å². The lowest BCUT2D eigenvalue weighted by Crippen LogP contribution is -2.53. The molecule has 236 valence electrons. The Morgan fingerprint density at radius 2 is 1.58 bits per heavy atom. The quantitative estimate of drug-likeness (QED) is 0.181. The molecular weight excluding hydrogens is 633 g/mol. The first kappa shape index (κ1) is 33.8. The predicted molar refractivity (Wildman–Crippen MR) is 178 cm³/mol. The SMILES string of the molecule is CCOc1ccc(N(CC(=O)N(Cc2ccc(Cl)cc2Cl)[C@H](Cc2ccccc2)C(=O)NC)S(=O)(=O)c2ccc(C)cc2)cc1. The summed E-state index contributed by atoms with van der Waals surface area (Å²) in [4.78, 5) is 29.2. The molecular formula is C34H35Cl2N3O5S. The van der Waals surface area contributed by atoms with Crippen molar-refractivity contribution in [3.63, 3.8) is 0 Å². The molecule has 0 saturated heterocycles. The summed E-state index contributed by atoms with van der Waals surface area (Å²) in [5.41, 5.74) is 2.52. The lowest BCUT2D eigenvalue weighted by Gasteiger charge is -2.33. The van der Waals surface area contributed by atoms with Gasteiger partial charge in [-0.15, -0.1) is 0 Å². The predicted octanol–water partition coefficient (Wildman–Crippen LogP) is 6.28. The lowest BCUT2D eigenvalue weighted by atomic mass is 10.0. The second kappa shape index (κ2) is 15.3. The number of carbonyl (C=O) groups excluding carboxylic acids is 2. The minimum absolute atomic E-state index is 0.0224. The van der Waals surface area contributed by atoms with Gasteiger partial charge in [-0.2, -0.15) is 0 Å². The molecule has 4 rings (SSSR count). The number of ether oxygens (including phenoxy) is 1. The summed E-state index contributed by atoms with van der Waals surface area (Å²) in [6.07, 6.45) is 0.186. The summed E-state index contributed by atoms with van der Waals surface area (Å²) in [5.74, 6) is -0.455. The van der Waals surface area contributed by atoms with E-state index in [0.29, 0.717) is 28.0 Å². The highest BCUT2D eigenvalue weighted by atomic mass is 35.5. The average molecular weight is 669 g/mol.